The SMILES string of the molecule is C=CC(=O)Oc1ccc(C#Cc2ccc(C#Cc3ccc(OC(=O)C(=C)C)c(C)c3)cc2)cc1. The molecule has 0 saturated heterocycles. The maximum absolute atomic E-state index is 11.7. The lowest BCUT2D eigenvalue weighted by atomic mass is 10.1. The van der Waals surface area contributed by atoms with Crippen molar-refractivity contribution in [2.24, 2.45) is 0 Å². The molecule has 0 spiro atoms. The zero-order valence-electron chi connectivity index (χ0n) is 19.0. The molecule has 0 heterocycles. The molecular formula is C30H22O4. The fraction of sp³-hybridized carbons (Fsp3) is 0.0667. The standard InChI is InChI=1S/C30H22O4/c1-5-29(31)33-27-17-14-25(15-18-27)11-10-23-6-8-24(9-7-23)12-13-26-16-19-28(22(4)20-26)34-30(32)21(2)3/h5-9,14-20H,1-2H2,3-4H3. The highest BCUT2D eigenvalue weighted by Gasteiger charge is 2.07. The maximum atomic E-state index is 11.7. The Morgan fingerprint density at radius 2 is 1.24 bits per heavy atom. The van der Waals surface area contributed by atoms with Crippen LogP contribution in [0.4, 0.5) is 0 Å². The first kappa shape index (κ1) is 23.9. The lowest BCUT2D eigenvalue weighted by molar-refractivity contribution is -0.130. The van der Waals surface area contributed by atoms with Crippen molar-refractivity contribution in [2.75, 3.05) is 0 Å². The van der Waals surface area contributed by atoms with Gasteiger partial charge in [-0.1, -0.05) is 36.8 Å². The largest absolute Gasteiger partial charge is 0.423 e. The minimum Gasteiger partial charge on any atom is -0.423 e. The topological polar surface area (TPSA) is 52.6 Å². The summed E-state index contributed by atoms with van der Waals surface area (Å²) in [6.07, 6.45) is 1.11. The molecule has 0 fully saturated rings. The lowest BCUT2D eigenvalue weighted by Gasteiger charge is -2.07. The summed E-state index contributed by atoms with van der Waals surface area (Å²) in [7, 11) is 0. The number of hydrogen-bond donors (Lipinski definition) is 0. The van der Waals surface area contributed by atoms with E-state index in [1.165, 1.54) is 0 Å². The van der Waals surface area contributed by atoms with E-state index >= 15 is 0 Å². The number of aryl methyl sites for hydroxylation is 1. The predicted octanol–water partition coefficient (Wildman–Crippen LogP) is 5.37. The summed E-state index contributed by atoms with van der Waals surface area (Å²) < 4.78 is 10.3. The van der Waals surface area contributed by atoms with Crippen molar-refractivity contribution < 1.29 is 19.1 Å². The molecule has 0 aliphatic carbocycles. The van der Waals surface area contributed by atoms with E-state index in [2.05, 4.69) is 36.8 Å². The smallest absolute Gasteiger partial charge is 0.338 e. The van der Waals surface area contributed by atoms with Crippen molar-refractivity contribution in [3.8, 4) is 35.2 Å². The normalized spacial score (nSPS) is 9.47. The van der Waals surface area contributed by atoms with E-state index in [1.807, 2.05) is 43.3 Å². The average molecular weight is 447 g/mol. The van der Waals surface area contributed by atoms with Gasteiger partial charge in [0.2, 0.25) is 0 Å². The number of esters is 2. The van der Waals surface area contributed by atoms with Crippen LogP contribution in [0.3, 0.4) is 0 Å². The fourth-order valence-corrected chi connectivity index (χ4v) is 2.72. The maximum Gasteiger partial charge on any atom is 0.338 e. The second-order valence-corrected chi connectivity index (χ2v) is 7.38. The summed E-state index contributed by atoms with van der Waals surface area (Å²) in [5.74, 6) is 12.4. The van der Waals surface area contributed by atoms with Crippen LogP contribution in [0.5, 0.6) is 11.5 Å². The molecule has 0 radical (unpaired) electrons. The minimum atomic E-state index is -0.502. The van der Waals surface area contributed by atoms with Crippen molar-refractivity contribution in [3.05, 3.63) is 119 Å². The Balaban J connectivity index is 1.65. The third kappa shape index (κ3) is 6.85. The van der Waals surface area contributed by atoms with Crippen LogP contribution in [-0.4, -0.2) is 11.9 Å². The zero-order valence-corrected chi connectivity index (χ0v) is 19.0. The predicted molar refractivity (Wildman–Crippen MR) is 132 cm³/mol. The van der Waals surface area contributed by atoms with Gasteiger partial charge in [-0.15, -0.1) is 0 Å². The molecular weight excluding hydrogens is 424 g/mol. The highest BCUT2D eigenvalue weighted by atomic mass is 16.5. The molecule has 0 bridgehead atoms. The van der Waals surface area contributed by atoms with Crippen LogP contribution in [0.1, 0.15) is 34.7 Å². The monoisotopic (exact) mass is 446 g/mol. The highest BCUT2D eigenvalue weighted by Crippen LogP contribution is 2.20. The Morgan fingerprint density at radius 3 is 1.71 bits per heavy atom. The third-order valence-corrected chi connectivity index (χ3v) is 4.55. The summed E-state index contributed by atoms with van der Waals surface area (Å²) >= 11 is 0. The van der Waals surface area contributed by atoms with E-state index in [9.17, 15) is 9.59 Å². The Kier molecular flexibility index (Phi) is 7.84. The number of hydrogen-bond acceptors (Lipinski definition) is 4. The molecule has 0 aliphatic heterocycles. The quantitative estimate of drug-likeness (QED) is 0.234. The molecule has 0 unspecified atom stereocenters. The molecule has 3 rings (SSSR count). The van der Waals surface area contributed by atoms with Gasteiger partial charge in [-0.05, 0) is 86.1 Å². The molecule has 0 atom stereocenters. The number of carbonyl (C=O) groups is 2. The van der Waals surface area contributed by atoms with Gasteiger partial charge in [0.15, 0.2) is 0 Å². The number of rotatable bonds is 4. The van der Waals surface area contributed by atoms with Crippen LogP contribution in [0.25, 0.3) is 0 Å². The van der Waals surface area contributed by atoms with Crippen LogP contribution in [0.2, 0.25) is 0 Å². The van der Waals surface area contributed by atoms with Gasteiger partial charge in [0, 0.05) is 33.9 Å². The van der Waals surface area contributed by atoms with Crippen molar-refractivity contribution in [3.63, 3.8) is 0 Å². The molecule has 3 aromatic rings. The van der Waals surface area contributed by atoms with Crippen molar-refractivity contribution >= 4 is 11.9 Å². The van der Waals surface area contributed by atoms with E-state index in [0.29, 0.717) is 17.1 Å². The van der Waals surface area contributed by atoms with Gasteiger partial charge in [-0.25, -0.2) is 9.59 Å². The Morgan fingerprint density at radius 1 is 0.765 bits per heavy atom. The molecule has 4 nitrogen and oxygen atoms in total. The average Bonchev–Trinajstić information content (AvgIpc) is 2.84. The van der Waals surface area contributed by atoms with Crippen molar-refractivity contribution in [1.82, 2.24) is 0 Å². The van der Waals surface area contributed by atoms with Crippen LogP contribution >= 0.6 is 0 Å². The van der Waals surface area contributed by atoms with Crippen molar-refractivity contribution in [2.45, 2.75) is 13.8 Å². The molecule has 34 heavy (non-hydrogen) atoms. The molecule has 0 N–H and O–H groups in total. The Labute approximate surface area is 199 Å². The summed E-state index contributed by atoms with van der Waals surface area (Å²) in [6, 6.07) is 20.0. The molecule has 0 aromatic heterocycles. The minimum absolute atomic E-state index is 0.348. The van der Waals surface area contributed by atoms with E-state index in [0.717, 1.165) is 33.9 Å². The zero-order chi connectivity index (χ0) is 24.5. The molecule has 0 amide bonds. The first-order valence-electron chi connectivity index (χ1n) is 10.4. The van der Waals surface area contributed by atoms with Crippen LogP contribution in [0, 0.1) is 30.6 Å². The van der Waals surface area contributed by atoms with Gasteiger partial charge in [0.1, 0.15) is 11.5 Å². The summed E-state index contributed by atoms with van der Waals surface area (Å²) in [5, 5.41) is 0. The first-order valence-corrected chi connectivity index (χ1v) is 10.4. The molecule has 4 heteroatoms. The van der Waals surface area contributed by atoms with Crippen LogP contribution < -0.4 is 9.47 Å². The second-order valence-electron chi connectivity index (χ2n) is 7.38. The third-order valence-electron chi connectivity index (χ3n) is 4.55. The summed E-state index contributed by atoms with van der Waals surface area (Å²) in [4.78, 5) is 22.9. The van der Waals surface area contributed by atoms with Crippen molar-refractivity contribution in [1.29, 1.82) is 0 Å². The molecule has 0 aliphatic rings. The molecule has 166 valence electrons. The van der Waals surface area contributed by atoms with E-state index < -0.39 is 11.9 Å². The van der Waals surface area contributed by atoms with Crippen LogP contribution in [-0.2, 0) is 9.59 Å². The van der Waals surface area contributed by atoms with E-state index in [4.69, 9.17) is 9.47 Å². The summed E-state index contributed by atoms with van der Waals surface area (Å²) in [5.41, 5.74) is 4.50. The van der Waals surface area contributed by atoms with E-state index in [-0.39, 0.29) is 0 Å². The van der Waals surface area contributed by atoms with Crippen LogP contribution in [0.15, 0.2) is 91.5 Å². The lowest BCUT2D eigenvalue weighted by Crippen LogP contribution is -2.09. The van der Waals surface area contributed by atoms with E-state index in [1.54, 1.807) is 37.3 Å². The molecule has 0 saturated carbocycles. The number of carbonyl (C=O) groups excluding carboxylic acids is 2. The number of benzene rings is 3. The van der Waals surface area contributed by atoms with Gasteiger partial charge in [-0.2, -0.15) is 0 Å². The Bertz CT molecular complexity index is 1370. The van der Waals surface area contributed by atoms with Gasteiger partial charge >= 0.3 is 11.9 Å². The van der Waals surface area contributed by atoms with Gasteiger partial charge in [0.05, 0.1) is 0 Å². The van der Waals surface area contributed by atoms with Gasteiger partial charge in [-0.3, -0.25) is 0 Å². The fourth-order valence-electron chi connectivity index (χ4n) is 2.72. The van der Waals surface area contributed by atoms with Gasteiger partial charge < -0.3 is 9.47 Å². The number of ether oxygens (including phenoxy) is 2. The molecule has 3 aromatic carbocycles. The second kappa shape index (κ2) is 11.2. The summed E-state index contributed by atoms with van der Waals surface area (Å²) in [6.45, 7) is 10.4. The first-order chi connectivity index (χ1) is 16.3. The highest BCUT2D eigenvalue weighted by molar-refractivity contribution is 5.89. The Hall–Kier alpha value is -4.80. The van der Waals surface area contributed by atoms with Gasteiger partial charge in [0.25, 0.3) is 0 Å².